The van der Waals surface area contributed by atoms with Gasteiger partial charge >= 0.3 is 5.97 Å². The van der Waals surface area contributed by atoms with E-state index in [1.807, 2.05) is 54.6 Å². The molecule has 0 saturated carbocycles. The van der Waals surface area contributed by atoms with E-state index in [4.69, 9.17) is 8.92 Å². The molecule has 2 atom stereocenters. The number of nitrogens with one attached hydrogen (secondary N) is 2. The predicted molar refractivity (Wildman–Crippen MR) is 124 cm³/mol. The number of benzene rings is 2. The van der Waals surface area contributed by atoms with Crippen LogP contribution in [0.3, 0.4) is 0 Å². The molecule has 0 radical (unpaired) electrons. The van der Waals surface area contributed by atoms with Gasteiger partial charge < -0.3 is 10.1 Å². The Morgan fingerprint density at radius 3 is 2.32 bits per heavy atom. The van der Waals surface area contributed by atoms with Crippen molar-refractivity contribution >= 4 is 22.0 Å². The summed E-state index contributed by atoms with van der Waals surface area (Å²) in [5.74, 6) is -1.35. The maximum absolute atomic E-state index is 12.6. The molecule has 0 fully saturated rings. The lowest BCUT2D eigenvalue weighted by Gasteiger charge is -2.23. The van der Waals surface area contributed by atoms with Gasteiger partial charge in [0.1, 0.15) is 0 Å². The molecule has 1 amide bonds. The van der Waals surface area contributed by atoms with E-state index < -0.39 is 34.1 Å². The van der Waals surface area contributed by atoms with Gasteiger partial charge in [-0.1, -0.05) is 54.6 Å². The molecule has 10 nitrogen and oxygen atoms in total. The van der Waals surface area contributed by atoms with Crippen LogP contribution in [0.15, 0.2) is 60.8 Å². The maximum atomic E-state index is 12.6. The third-order valence-corrected chi connectivity index (χ3v) is 5.45. The van der Waals surface area contributed by atoms with Crippen LogP contribution in [0.2, 0.25) is 0 Å². The summed E-state index contributed by atoms with van der Waals surface area (Å²) in [6.07, 6.45) is 0.875. The van der Waals surface area contributed by atoms with E-state index in [9.17, 15) is 18.0 Å². The molecular weight excluding hydrogens is 460 g/mol. The molecule has 0 aliphatic heterocycles. The minimum absolute atomic E-state index is 0.0549. The van der Waals surface area contributed by atoms with Crippen molar-refractivity contribution in [3.8, 4) is 11.1 Å². The zero-order valence-corrected chi connectivity index (χ0v) is 19.6. The van der Waals surface area contributed by atoms with Gasteiger partial charge in [0.25, 0.3) is 16.0 Å². The van der Waals surface area contributed by atoms with Crippen LogP contribution in [0, 0.1) is 0 Å². The fourth-order valence-electron chi connectivity index (χ4n) is 3.39. The van der Waals surface area contributed by atoms with Crippen molar-refractivity contribution in [2.24, 2.45) is 0 Å². The lowest BCUT2D eigenvalue weighted by Crippen LogP contribution is -2.42. The Morgan fingerprint density at radius 2 is 1.74 bits per heavy atom. The first-order valence-corrected chi connectivity index (χ1v) is 12.4. The number of carbonyl (C=O) groups is 2. The summed E-state index contributed by atoms with van der Waals surface area (Å²) in [5.41, 5.74) is 3.01. The van der Waals surface area contributed by atoms with Gasteiger partial charge in [-0.2, -0.15) is 23.8 Å². The van der Waals surface area contributed by atoms with E-state index in [1.54, 1.807) is 6.92 Å². The minimum Gasteiger partial charge on any atom is -0.464 e. The summed E-state index contributed by atoms with van der Waals surface area (Å²) in [6, 6.07) is 16.9. The Morgan fingerprint density at radius 1 is 1.06 bits per heavy atom. The van der Waals surface area contributed by atoms with Gasteiger partial charge in [-0.25, -0.2) is 4.79 Å². The number of aromatic amines is 1. The first kappa shape index (κ1) is 25.1. The smallest absolute Gasteiger partial charge is 0.336 e. The molecule has 0 spiro atoms. The average Bonchev–Trinajstić information content (AvgIpc) is 3.34. The van der Waals surface area contributed by atoms with E-state index in [0.717, 1.165) is 22.9 Å². The maximum Gasteiger partial charge on any atom is 0.336 e. The van der Waals surface area contributed by atoms with E-state index in [2.05, 4.69) is 20.7 Å². The van der Waals surface area contributed by atoms with Gasteiger partial charge in [-0.05, 0) is 30.0 Å². The zero-order chi connectivity index (χ0) is 24.6. The lowest BCUT2D eigenvalue weighted by molar-refractivity contribution is -0.151. The standard InChI is InChI=1S/C23H26N4O6S/c1-3-32-23(29)21(33-34(2,30)31)14-19(25-22(28)20-15-24-27-26-20)13-16-9-11-18(12-10-16)17-7-5-4-6-8-17/h4-12,15,19,21H,3,13-14H2,1-2H3,(H,25,28)(H,24,26,27). The highest BCUT2D eigenvalue weighted by atomic mass is 32.2. The number of ether oxygens (including phenoxy) is 1. The normalized spacial score (nSPS) is 13.1. The van der Waals surface area contributed by atoms with Crippen LogP contribution >= 0.6 is 0 Å². The Labute approximate surface area is 197 Å². The Bertz CT molecular complexity index is 1180. The second-order valence-electron chi connectivity index (χ2n) is 7.57. The summed E-state index contributed by atoms with van der Waals surface area (Å²) >= 11 is 0. The molecule has 3 aromatic rings. The summed E-state index contributed by atoms with van der Waals surface area (Å²) in [5, 5.41) is 12.5. The molecule has 0 aliphatic rings. The number of hydrogen-bond donors (Lipinski definition) is 2. The van der Waals surface area contributed by atoms with Crippen LogP contribution < -0.4 is 5.32 Å². The van der Waals surface area contributed by atoms with Crippen molar-refractivity contribution < 1.29 is 26.9 Å². The van der Waals surface area contributed by atoms with Crippen LogP contribution in [-0.2, 0) is 30.3 Å². The fourth-order valence-corrected chi connectivity index (χ4v) is 3.97. The molecule has 180 valence electrons. The van der Waals surface area contributed by atoms with Gasteiger partial charge in [0, 0.05) is 12.5 Å². The first-order chi connectivity index (χ1) is 16.2. The van der Waals surface area contributed by atoms with Crippen LogP contribution in [0.5, 0.6) is 0 Å². The Kier molecular flexibility index (Phi) is 8.50. The van der Waals surface area contributed by atoms with Gasteiger partial charge in [-0.15, -0.1) is 0 Å². The highest BCUT2D eigenvalue weighted by molar-refractivity contribution is 7.86. The van der Waals surface area contributed by atoms with Crippen molar-refractivity contribution in [1.82, 2.24) is 20.7 Å². The van der Waals surface area contributed by atoms with Crippen molar-refractivity contribution in [1.29, 1.82) is 0 Å². The summed E-state index contributed by atoms with van der Waals surface area (Å²) in [6.45, 7) is 1.66. The number of rotatable bonds is 11. The highest BCUT2D eigenvalue weighted by Crippen LogP contribution is 2.21. The molecule has 2 unspecified atom stereocenters. The lowest BCUT2D eigenvalue weighted by atomic mass is 9.97. The third kappa shape index (κ3) is 7.49. The number of nitrogens with zero attached hydrogens (tertiary/aromatic N) is 2. The van der Waals surface area contributed by atoms with E-state index in [1.165, 1.54) is 6.20 Å². The van der Waals surface area contributed by atoms with Crippen molar-refractivity contribution in [2.45, 2.75) is 31.9 Å². The van der Waals surface area contributed by atoms with Gasteiger partial charge in [0.05, 0.1) is 19.1 Å². The summed E-state index contributed by atoms with van der Waals surface area (Å²) in [7, 11) is -3.95. The molecule has 0 bridgehead atoms. The van der Waals surface area contributed by atoms with Crippen molar-refractivity contribution in [3.63, 3.8) is 0 Å². The topological polar surface area (TPSA) is 140 Å². The van der Waals surface area contributed by atoms with Crippen LogP contribution in [0.25, 0.3) is 11.1 Å². The van der Waals surface area contributed by atoms with E-state index >= 15 is 0 Å². The number of hydrogen-bond acceptors (Lipinski definition) is 8. The van der Waals surface area contributed by atoms with E-state index in [-0.39, 0.29) is 18.7 Å². The molecule has 0 aliphatic carbocycles. The molecule has 1 aromatic heterocycles. The molecule has 11 heteroatoms. The molecule has 0 saturated heterocycles. The average molecular weight is 487 g/mol. The van der Waals surface area contributed by atoms with Crippen LogP contribution in [-0.4, -0.2) is 60.7 Å². The van der Waals surface area contributed by atoms with E-state index in [0.29, 0.717) is 6.42 Å². The second-order valence-corrected chi connectivity index (χ2v) is 9.17. The monoisotopic (exact) mass is 486 g/mol. The largest absolute Gasteiger partial charge is 0.464 e. The van der Waals surface area contributed by atoms with Gasteiger partial charge in [-0.3, -0.25) is 8.98 Å². The molecule has 2 N–H and O–H groups in total. The predicted octanol–water partition coefficient (Wildman–Crippen LogP) is 2.11. The van der Waals surface area contributed by atoms with Crippen molar-refractivity contribution in [3.05, 3.63) is 72.1 Å². The molecule has 1 heterocycles. The number of H-pyrrole nitrogens is 1. The third-order valence-electron chi connectivity index (χ3n) is 4.87. The highest BCUT2D eigenvalue weighted by Gasteiger charge is 2.30. The van der Waals surface area contributed by atoms with Gasteiger partial charge in [0.2, 0.25) is 0 Å². The number of esters is 1. The second kappa shape index (κ2) is 11.5. The molecule has 3 rings (SSSR count). The number of aromatic nitrogens is 3. The first-order valence-electron chi connectivity index (χ1n) is 10.6. The summed E-state index contributed by atoms with van der Waals surface area (Å²) in [4.78, 5) is 25.0. The number of carbonyl (C=O) groups excluding carboxylic acids is 2. The SMILES string of the molecule is CCOC(=O)C(CC(Cc1ccc(-c2ccccc2)cc1)NC(=O)c1cn[nH]n1)OS(C)(=O)=O. The summed E-state index contributed by atoms with van der Waals surface area (Å²) < 4.78 is 33.4. The molecular formula is C23H26N4O6S. The Hall–Kier alpha value is -3.57. The number of amides is 1. The van der Waals surface area contributed by atoms with Crippen LogP contribution in [0.1, 0.15) is 29.4 Å². The fraction of sp³-hybridized carbons (Fsp3) is 0.304. The van der Waals surface area contributed by atoms with Gasteiger partial charge in [0.15, 0.2) is 11.8 Å². The van der Waals surface area contributed by atoms with Crippen LogP contribution in [0.4, 0.5) is 0 Å². The zero-order valence-electron chi connectivity index (χ0n) is 18.8. The minimum atomic E-state index is -3.95. The van der Waals surface area contributed by atoms with Crippen molar-refractivity contribution in [2.75, 3.05) is 12.9 Å². The molecule has 2 aromatic carbocycles. The Balaban J connectivity index is 1.82. The molecule has 34 heavy (non-hydrogen) atoms. The quantitative estimate of drug-likeness (QED) is 0.310.